The average molecular weight is 2160 g/mol. The number of hydrogen-bond donors (Lipinski definition) is 2. The van der Waals surface area contributed by atoms with Crippen LogP contribution in [-0.4, -0.2) is 32.8 Å². The maximum absolute atomic E-state index is 16.8. The Morgan fingerprint density at radius 1 is 0.174 bits per heavy atom. The Balaban J connectivity index is 0.00000722. The molecule has 16 bridgehead atoms. The SMILES string of the molecule is Fc1c(F)c(F)c(C2=C3C=CC(=N3)C(c3c(F)c(F)c(F)c(F)c3F)=c3ccc([n-]3)=C(c3c(F)c(F)c(F)c(F)c3F)C3=NC(=C(c4c(F)c(F)c(F)c(F)c4F)c4c[c-]c([nH]4)C(c4c(F)c(F)c(F)c(F)c4F)=C4C=CC(=N4)C(c4c(F)c(F)c(F)c(F)c4F)=c4ccc([n-]4)=C(c4c(F)c(F)c(F)c(F)c4F)C4=NC(=C(c5c(F)c(F)c(F)c(F)c5F)c5c[c-]c2[nH]5)C=C4)C=C3)c(F)c1F.[Pd+2].[Pd+2]. The molecule has 9 heterocycles. The Hall–Kier alpha value is -14.5. The number of benzene rings is 8. The van der Waals surface area contributed by atoms with Crippen LogP contribution in [0.15, 0.2) is 128 Å². The van der Waals surface area contributed by atoms with Crippen molar-refractivity contribution in [1.29, 1.82) is 0 Å². The summed E-state index contributed by atoms with van der Waals surface area (Å²) in [4.78, 5) is 26.8. The van der Waals surface area contributed by atoms with Crippen LogP contribution in [0.4, 0.5) is 176 Å². The van der Waals surface area contributed by atoms with Gasteiger partial charge in [0.05, 0.1) is 67.6 Å². The molecule has 4 aromatic heterocycles. The quantitative estimate of drug-likeness (QED) is 0.0520. The Bertz CT molecular complexity index is 7150. The van der Waals surface area contributed by atoms with Crippen molar-refractivity contribution in [2.45, 2.75) is 0 Å². The van der Waals surface area contributed by atoms with Crippen molar-refractivity contribution in [2.75, 3.05) is 0 Å². The molecule has 0 atom stereocenters. The van der Waals surface area contributed by atoms with Gasteiger partial charge in [-0.2, -0.15) is 24.3 Å². The predicted molar refractivity (Wildman–Crippen MR) is 388 cm³/mol. The van der Waals surface area contributed by atoms with E-state index in [2.05, 4.69) is 29.9 Å². The van der Waals surface area contributed by atoms with Gasteiger partial charge in [0.15, 0.2) is 198 Å². The number of fused-ring (bicyclic) bond motifs is 12. The summed E-state index contributed by atoms with van der Waals surface area (Å²) in [6.07, 6.45) is 1.44. The first kappa shape index (κ1) is 98.0. The maximum atomic E-state index is 16.8. The third-order valence-electron chi connectivity index (χ3n) is 20.9. The van der Waals surface area contributed by atoms with Gasteiger partial charge in [-0.25, -0.2) is 186 Å². The molecule has 0 fully saturated rings. The number of allylic oxidation sites excluding steroid dienone is 8. The monoisotopic (exact) mass is 2160 g/mol. The first-order chi connectivity index (χ1) is 64.2. The number of aliphatic imine (C=N–C) groups is 4. The first-order valence-corrected chi connectivity index (χ1v) is 36.4. The number of nitrogens with zero attached hydrogens (tertiary/aromatic N) is 6. The molecule has 12 aromatic rings. The molecular weight excluding hydrogens is 2140 g/mol. The zero-order valence-electron chi connectivity index (χ0n) is 64.5. The van der Waals surface area contributed by atoms with E-state index in [-0.39, 0.29) is 126 Å². The third kappa shape index (κ3) is 14.8. The number of rotatable bonds is 8. The zero-order chi connectivity index (χ0) is 98.5. The molecule has 50 heteroatoms. The average Bonchev–Trinajstić information content (AvgIpc) is 1.60. The number of hydrogen-bond acceptors (Lipinski definition) is 4. The summed E-state index contributed by atoms with van der Waals surface area (Å²) in [5.74, 6) is -122. The van der Waals surface area contributed by atoms with Crippen LogP contribution in [0.3, 0.4) is 0 Å². The molecule has 138 heavy (non-hydrogen) atoms. The molecule has 0 unspecified atom stereocenters. The topological polar surface area (TPSA) is 109 Å². The van der Waals surface area contributed by atoms with Crippen molar-refractivity contribution in [3.05, 3.63) is 441 Å². The van der Waals surface area contributed by atoms with Gasteiger partial charge in [-0.3, -0.25) is 9.98 Å². The van der Waals surface area contributed by atoms with Crippen LogP contribution >= 0.6 is 0 Å². The Kier molecular flexibility index (Phi) is 25.3. The molecule has 0 saturated heterocycles. The van der Waals surface area contributed by atoms with Crippen LogP contribution in [0.5, 0.6) is 0 Å². The Morgan fingerprint density at radius 2 is 0.312 bits per heavy atom. The van der Waals surface area contributed by atoms with Gasteiger partial charge in [0, 0.05) is 22.5 Å². The number of aromatic amines is 2. The minimum absolute atomic E-state index is 0. The van der Waals surface area contributed by atoms with E-state index in [4.69, 9.17) is 0 Å². The second kappa shape index (κ2) is 35.6. The molecule has 5 aliphatic heterocycles. The van der Waals surface area contributed by atoms with Crippen molar-refractivity contribution < 1.29 is 216 Å². The molecule has 0 radical (unpaired) electrons. The van der Waals surface area contributed by atoms with Crippen molar-refractivity contribution in [2.24, 2.45) is 20.0 Å². The third-order valence-corrected chi connectivity index (χ3v) is 20.9. The fourth-order valence-corrected chi connectivity index (χ4v) is 14.8. The molecule has 5 aliphatic rings. The normalized spacial score (nSPS) is 14.4. The summed E-state index contributed by atoms with van der Waals surface area (Å²) in [5.41, 5.74) is -53.1. The second-order valence-corrected chi connectivity index (χ2v) is 28.3. The van der Waals surface area contributed by atoms with Crippen molar-refractivity contribution in [1.82, 2.24) is 19.9 Å². The Labute approximate surface area is 761 Å². The van der Waals surface area contributed by atoms with Gasteiger partial charge < -0.3 is 19.9 Å². The minimum Gasteiger partial charge on any atom is -0.657 e. The van der Waals surface area contributed by atoms with Crippen molar-refractivity contribution >= 4 is 67.4 Å². The van der Waals surface area contributed by atoms with E-state index >= 15 is 176 Å². The Morgan fingerprint density at radius 3 is 0.478 bits per heavy atom. The van der Waals surface area contributed by atoms with E-state index < -0.39 is 412 Å². The fourth-order valence-electron chi connectivity index (χ4n) is 14.8. The number of nitrogens with one attached hydrogen (secondary N) is 2. The predicted octanol–water partition coefficient (Wildman–Crippen LogP) is 20.4. The molecule has 17 rings (SSSR count). The van der Waals surface area contributed by atoms with Crippen LogP contribution in [0.25, 0.3) is 44.6 Å². The van der Waals surface area contributed by atoms with Crippen LogP contribution in [-0.2, 0) is 40.8 Å². The van der Waals surface area contributed by atoms with Gasteiger partial charge in [-0.05, 0) is 82.0 Å². The van der Waals surface area contributed by atoms with E-state index in [1.807, 2.05) is 22.1 Å². The number of aromatic nitrogens is 4. The van der Waals surface area contributed by atoms with Gasteiger partial charge >= 0.3 is 40.8 Å². The first-order valence-electron chi connectivity index (χ1n) is 36.4. The smallest absolute Gasteiger partial charge is 0.657 e. The molecule has 0 saturated carbocycles. The molecule has 0 amide bonds. The van der Waals surface area contributed by atoms with Crippen molar-refractivity contribution in [3.8, 4) is 0 Å². The van der Waals surface area contributed by atoms with Crippen LogP contribution in [0.1, 0.15) is 67.3 Å². The molecule has 8 aromatic carbocycles. The van der Waals surface area contributed by atoms with E-state index in [1.54, 1.807) is 0 Å². The zero-order valence-corrected chi connectivity index (χ0v) is 67.6. The van der Waals surface area contributed by atoms with Crippen LogP contribution in [0.2, 0.25) is 0 Å². The van der Waals surface area contributed by atoms with Gasteiger partial charge in [-0.15, -0.1) is 21.4 Å². The molecule has 2 N–H and O–H groups in total. The standard InChI is InChI=1S/C88H16F40N8.2Pd/c89-49-41(50(90)66(106)81(121)65(49)105)33-17-1-2-18(129-17)34(42-51(91)67(107)82(122)68(108)52(42)92)20-5-6-22(131-20)36(44-55(95)71(111)84(124)72(112)56(44)96)24-9-10-26(133-24)38(46-59(99)75(115)86(126)76(116)60(46)100)28-13-14-30(135-28)40(48-63(103)79(119)88(128)80(120)64(48)104)32-16-15-31(136-32)39(47-61(101)77(117)87(127)78(118)62(47)102)29-12-11-27(134-29)37(45-57(97)73(113)85(125)74(114)58(45)98)25-8-7-23(132-25)35(21-4-3-19(33)130-21)43-53(93)69(109)83(123)70(110)54(43)94;;/h1-7,10-16,132-133H;;/q-4;2*+2. The molecule has 708 valence electrons. The molecule has 0 spiro atoms. The largest absolute Gasteiger partial charge is 2.00 e. The minimum atomic E-state index is -3.08. The van der Waals surface area contributed by atoms with E-state index in [1.165, 1.54) is 0 Å². The van der Waals surface area contributed by atoms with Gasteiger partial charge in [-0.1, -0.05) is 58.2 Å². The van der Waals surface area contributed by atoms with E-state index in [9.17, 15) is 0 Å². The van der Waals surface area contributed by atoms with Gasteiger partial charge in [0.2, 0.25) is 34.9 Å². The number of halogens is 40. The molecule has 8 nitrogen and oxygen atoms in total. The van der Waals surface area contributed by atoms with E-state index in [0.717, 1.165) is 0 Å². The van der Waals surface area contributed by atoms with Gasteiger partial charge in [0.1, 0.15) is 0 Å². The molecule has 0 aliphatic carbocycles. The second-order valence-electron chi connectivity index (χ2n) is 28.3. The summed E-state index contributed by atoms with van der Waals surface area (Å²) >= 11 is 0. The summed E-state index contributed by atoms with van der Waals surface area (Å²) in [6, 6.07) is 4.81. The summed E-state index contributed by atoms with van der Waals surface area (Å²) in [5, 5.41) is -6.41. The summed E-state index contributed by atoms with van der Waals surface area (Å²) in [6.45, 7) is 0. The van der Waals surface area contributed by atoms with Crippen molar-refractivity contribution in [3.63, 3.8) is 0 Å². The van der Waals surface area contributed by atoms with E-state index in [0.29, 0.717) is 0 Å². The summed E-state index contributed by atoms with van der Waals surface area (Å²) < 4.78 is 644. The summed E-state index contributed by atoms with van der Waals surface area (Å²) in [7, 11) is 0. The maximum Gasteiger partial charge on any atom is 2.00 e. The van der Waals surface area contributed by atoms with Crippen LogP contribution in [0, 0.1) is 245 Å². The number of H-pyrrole nitrogens is 2. The fraction of sp³-hybridized carbons (Fsp3) is 0. The molecular formula is C88H16F40N8Pd2. The van der Waals surface area contributed by atoms with Crippen LogP contribution < -0.4 is 31.4 Å². The van der Waals surface area contributed by atoms with Gasteiger partial charge in [0.25, 0.3) is 0 Å².